The van der Waals surface area contributed by atoms with Crippen molar-refractivity contribution in [3.63, 3.8) is 0 Å². The molecule has 3 N–H and O–H groups in total. The molecule has 166 valence electrons. The summed E-state index contributed by atoms with van der Waals surface area (Å²) in [4.78, 5) is 38.1. The Kier molecular flexibility index (Phi) is 4.70. The summed E-state index contributed by atoms with van der Waals surface area (Å²) < 4.78 is 5.54. The number of ether oxygens (including phenoxy) is 1. The van der Waals surface area contributed by atoms with Gasteiger partial charge in [-0.2, -0.15) is 0 Å². The van der Waals surface area contributed by atoms with Crippen LogP contribution in [-0.4, -0.2) is 63.9 Å². The Balaban J connectivity index is 1.23. The Morgan fingerprint density at radius 2 is 1.59 bits per heavy atom. The number of β-amino-alcohol motifs (C(OH)–C–C–N with tert-alkyl or cyclic N) is 1. The number of benzene rings is 2. The van der Waals surface area contributed by atoms with Crippen molar-refractivity contribution in [1.82, 2.24) is 10.2 Å². The minimum atomic E-state index is -1.94. The fraction of sp³-hybridized carbons (Fsp3) is 0.375. The van der Waals surface area contributed by atoms with Gasteiger partial charge in [0.15, 0.2) is 5.60 Å². The van der Waals surface area contributed by atoms with Crippen LogP contribution in [0.2, 0.25) is 0 Å². The lowest BCUT2D eigenvalue weighted by Gasteiger charge is -2.25. The highest BCUT2D eigenvalue weighted by Crippen LogP contribution is 2.44. The second-order valence-electron chi connectivity index (χ2n) is 8.85. The molecule has 1 saturated carbocycles. The summed E-state index contributed by atoms with van der Waals surface area (Å²) in [7, 11) is 0. The first-order valence-corrected chi connectivity index (χ1v) is 10.7. The minimum absolute atomic E-state index is 0.0326. The number of likely N-dealkylation sites (tertiary alicyclic amines) is 1. The zero-order chi connectivity index (χ0) is 22.5. The number of hydrogen-bond acceptors (Lipinski definition) is 5. The van der Waals surface area contributed by atoms with Crippen molar-refractivity contribution in [1.29, 1.82) is 0 Å². The molecule has 1 unspecified atom stereocenters. The number of carboxylic acids is 1. The predicted molar refractivity (Wildman–Crippen MR) is 114 cm³/mol. The van der Waals surface area contributed by atoms with Crippen molar-refractivity contribution < 1.29 is 29.3 Å². The molecule has 0 bridgehead atoms. The van der Waals surface area contributed by atoms with Gasteiger partial charge in [0.2, 0.25) is 5.91 Å². The summed E-state index contributed by atoms with van der Waals surface area (Å²) >= 11 is 0. The Bertz CT molecular complexity index is 1070. The third kappa shape index (κ3) is 3.31. The SMILES string of the molecule is O=C(NC1(C(=O)N2CCC(O)(C(=O)O)C2)CC1)OCC1c2ccccc2-c2ccccc21. The van der Waals surface area contributed by atoms with E-state index in [9.17, 15) is 24.6 Å². The monoisotopic (exact) mass is 436 g/mol. The number of amides is 2. The topological polar surface area (TPSA) is 116 Å². The highest BCUT2D eigenvalue weighted by atomic mass is 16.5. The van der Waals surface area contributed by atoms with Gasteiger partial charge in [0.05, 0.1) is 6.54 Å². The van der Waals surface area contributed by atoms with Crippen molar-refractivity contribution in [2.45, 2.75) is 36.3 Å². The van der Waals surface area contributed by atoms with Crippen molar-refractivity contribution in [2.75, 3.05) is 19.7 Å². The number of carbonyl (C=O) groups is 3. The molecular formula is C24H24N2O6. The molecule has 1 heterocycles. The van der Waals surface area contributed by atoms with E-state index in [2.05, 4.69) is 17.4 Å². The summed E-state index contributed by atoms with van der Waals surface area (Å²) in [6.45, 7) is -0.00233. The van der Waals surface area contributed by atoms with E-state index in [-0.39, 0.29) is 37.9 Å². The fourth-order valence-electron chi connectivity index (χ4n) is 4.79. The molecule has 2 fully saturated rings. The van der Waals surface area contributed by atoms with Crippen LogP contribution in [0.25, 0.3) is 11.1 Å². The number of aliphatic carboxylic acids is 1. The van der Waals surface area contributed by atoms with Gasteiger partial charge < -0.3 is 25.2 Å². The molecule has 3 aliphatic rings. The van der Waals surface area contributed by atoms with E-state index < -0.39 is 23.2 Å². The molecule has 1 atom stereocenters. The van der Waals surface area contributed by atoms with Crippen LogP contribution in [0.4, 0.5) is 4.79 Å². The number of nitrogens with one attached hydrogen (secondary N) is 1. The summed E-state index contributed by atoms with van der Waals surface area (Å²) in [5.74, 6) is -1.80. The number of alkyl carbamates (subject to hydrolysis) is 1. The minimum Gasteiger partial charge on any atom is -0.479 e. The summed E-state index contributed by atoms with van der Waals surface area (Å²) in [6, 6.07) is 16.1. The summed E-state index contributed by atoms with van der Waals surface area (Å²) in [6.07, 6.45) is 0.205. The highest BCUT2D eigenvalue weighted by molar-refractivity contribution is 5.94. The Morgan fingerprint density at radius 3 is 2.12 bits per heavy atom. The molecule has 8 nitrogen and oxygen atoms in total. The molecule has 2 aromatic rings. The van der Waals surface area contributed by atoms with Gasteiger partial charge in [-0.3, -0.25) is 4.79 Å². The smallest absolute Gasteiger partial charge is 0.408 e. The van der Waals surface area contributed by atoms with E-state index in [1.165, 1.54) is 4.90 Å². The van der Waals surface area contributed by atoms with Crippen molar-refractivity contribution in [2.24, 2.45) is 0 Å². The Hall–Kier alpha value is -3.39. The lowest BCUT2D eigenvalue weighted by Crippen LogP contribution is -2.52. The largest absolute Gasteiger partial charge is 0.479 e. The van der Waals surface area contributed by atoms with Gasteiger partial charge in [0.1, 0.15) is 12.1 Å². The number of aliphatic hydroxyl groups is 1. The Labute approximate surface area is 184 Å². The first-order valence-electron chi connectivity index (χ1n) is 10.7. The van der Waals surface area contributed by atoms with E-state index in [4.69, 9.17) is 4.74 Å². The van der Waals surface area contributed by atoms with Gasteiger partial charge in [-0.1, -0.05) is 48.5 Å². The van der Waals surface area contributed by atoms with Gasteiger partial charge in [-0.25, -0.2) is 9.59 Å². The summed E-state index contributed by atoms with van der Waals surface area (Å²) in [5.41, 5.74) is 1.45. The predicted octanol–water partition coefficient (Wildman–Crippen LogP) is 2.11. The first-order chi connectivity index (χ1) is 15.3. The van der Waals surface area contributed by atoms with Crippen LogP contribution in [-0.2, 0) is 14.3 Å². The van der Waals surface area contributed by atoms with Crippen LogP contribution in [0.5, 0.6) is 0 Å². The fourth-order valence-corrected chi connectivity index (χ4v) is 4.79. The van der Waals surface area contributed by atoms with Crippen LogP contribution in [0.3, 0.4) is 0 Å². The zero-order valence-corrected chi connectivity index (χ0v) is 17.4. The molecule has 2 aromatic carbocycles. The van der Waals surface area contributed by atoms with E-state index in [0.29, 0.717) is 12.8 Å². The van der Waals surface area contributed by atoms with Crippen LogP contribution in [0.1, 0.15) is 36.3 Å². The lowest BCUT2D eigenvalue weighted by molar-refractivity contribution is -0.157. The number of carbonyl (C=O) groups excluding carboxylic acids is 2. The zero-order valence-electron chi connectivity index (χ0n) is 17.4. The van der Waals surface area contributed by atoms with E-state index >= 15 is 0 Å². The maximum atomic E-state index is 12.9. The molecule has 1 aliphatic heterocycles. The van der Waals surface area contributed by atoms with Gasteiger partial charge in [-0.05, 0) is 35.1 Å². The van der Waals surface area contributed by atoms with Crippen LogP contribution < -0.4 is 5.32 Å². The molecule has 0 spiro atoms. The average molecular weight is 436 g/mol. The van der Waals surface area contributed by atoms with Crippen molar-refractivity contribution in [3.05, 3.63) is 59.7 Å². The molecule has 2 amide bonds. The maximum absolute atomic E-state index is 12.9. The molecule has 2 aliphatic carbocycles. The number of hydrogen-bond donors (Lipinski definition) is 3. The quantitative estimate of drug-likeness (QED) is 0.661. The molecular weight excluding hydrogens is 412 g/mol. The normalized spacial score (nSPS) is 22.7. The van der Waals surface area contributed by atoms with Gasteiger partial charge in [0.25, 0.3) is 0 Å². The Morgan fingerprint density at radius 1 is 1.00 bits per heavy atom. The van der Waals surface area contributed by atoms with Gasteiger partial charge in [-0.15, -0.1) is 0 Å². The van der Waals surface area contributed by atoms with Crippen LogP contribution in [0.15, 0.2) is 48.5 Å². The van der Waals surface area contributed by atoms with Crippen molar-refractivity contribution >= 4 is 18.0 Å². The second-order valence-corrected chi connectivity index (χ2v) is 8.85. The van der Waals surface area contributed by atoms with Gasteiger partial charge in [0, 0.05) is 18.9 Å². The average Bonchev–Trinajstić information content (AvgIpc) is 3.33. The standard InChI is InChI=1S/C24H24N2O6/c27-20(26-12-11-24(31,14-26)21(28)29)23(9-10-23)25-22(30)32-13-19-17-7-3-1-5-15(17)16-6-2-4-8-18(16)19/h1-8,19,31H,9-14H2,(H,25,30)(H,28,29). The maximum Gasteiger partial charge on any atom is 0.408 e. The summed E-state index contributed by atoms with van der Waals surface area (Å²) in [5, 5.41) is 22.0. The third-order valence-corrected chi connectivity index (χ3v) is 6.78. The van der Waals surface area contributed by atoms with Crippen molar-refractivity contribution in [3.8, 4) is 11.1 Å². The number of fused-ring (bicyclic) bond motifs is 3. The molecule has 8 heteroatoms. The lowest BCUT2D eigenvalue weighted by atomic mass is 9.98. The third-order valence-electron chi connectivity index (χ3n) is 6.78. The van der Waals surface area contributed by atoms with Crippen LogP contribution in [0, 0.1) is 0 Å². The molecule has 5 rings (SSSR count). The molecule has 32 heavy (non-hydrogen) atoms. The molecule has 1 saturated heterocycles. The van der Waals surface area contributed by atoms with E-state index in [1.54, 1.807) is 0 Å². The van der Waals surface area contributed by atoms with Gasteiger partial charge >= 0.3 is 12.1 Å². The number of nitrogens with zero attached hydrogens (tertiary/aromatic N) is 1. The van der Waals surface area contributed by atoms with Crippen LogP contribution >= 0.6 is 0 Å². The first kappa shape index (κ1) is 20.5. The molecule has 0 radical (unpaired) electrons. The highest BCUT2D eigenvalue weighted by Gasteiger charge is 2.56. The number of carboxylic acid groups (broad SMARTS) is 1. The van der Waals surface area contributed by atoms with E-state index in [1.807, 2.05) is 36.4 Å². The van der Waals surface area contributed by atoms with E-state index in [0.717, 1.165) is 22.3 Å². The second kappa shape index (κ2) is 7.34. The number of rotatable bonds is 5. The molecule has 0 aromatic heterocycles.